The minimum atomic E-state index is -0.0557. The van der Waals surface area contributed by atoms with Crippen molar-refractivity contribution in [2.24, 2.45) is 0 Å². The van der Waals surface area contributed by atoms with Crippen molar-refractivity contribution < 1.29 is 4.79 Å². The Labute approximate surface area is 125 Å². The van der Waals surface area contributed by atoms with Gasteiger partial charge < -0.3 is 10.6 Å². The molecule has 4 nitrogen and oxygen atoms in total. The van der Waals surface area contributed by atoms with Gasteiger partial charge in [-0.15, -0.1) is 0 Å². The summed E-state index contributed by atoms with van der Waals surface area (Å²) in [4.78, 5) is 16.4. The highest BCUT2D eigenvalue weighted by Crippen LogP contribution is 2.17. The summed E-state index contributed by atoms with van der Waals surface area (Å²) in [5, 5.41) is 6.26. The molecule has 0 saturated heterocycles. The second-order valence-corrected chi connectivity index (χ2v) is 5.04. The lowest BCUT2D eigenvalue weighted by Gasteiger charge is -2.15. The van der Waals surface area contributed by atoms with Gasteiger partial charge in [-0.1, -0.05) is 0 Å². The van der Waals surface area contributed by atoms with Crippen LogP contribution in [0.3, 0.4) is 0 Å². The molecular formula is C17H21N3O. The highest BCUT2D eigenvalue weighted by molar-refractivity contribution is 5.96. The molecule has 2 rings (SSSR count). The van der Waals surface area contributed by atoms with Crippen LogP contribution in [-0.2, 0) is 0 Å². The smallest absolute Gasteiger partial charge is 0.252 e. The molecule has 0 spiro atoms. The van der Waals surface area contributed by atoms with Gasteiger partial charge in [-0.3, -0.25) is 9.78 Å². The van der Waals surface area contributed by atoms with E-state index in [1.54, 1.807) is 12.4 Å². The van der Waals surface area contributed by atoms with Crippen LogP contribution < -0.4 is 10.6 Å². The molecule has 1 aromatic carbocycles. The Hall–Kier alpha value is -2.36. The van der Waals surface area contributed by atoms with Gasteiger partial charge in [0.15, 0.2) is 0 Å². The summed E-state index contributed by atoms with van der Waals surface area (Å²) < 4.78 is 0. The number of carbonyl (C=O) groups is 1. The molecule has 0 aliphatic rings. The van der Waals surface area contributed by atoms with Crippen molar-refractivity contribution in [3.05, 3.63) is 59.4 Å². The Morgan fingerprint density at radius 2 is 1.95 bits per heavy atom. The predicted octanol–water partition coefficient (Wildman–Crippen LogP) is 3.31. The Morgan fingerprint density at radius 3 is 2.57 bits per heavy atom. The van der Waals surface area contributed by atoms with E-state index in [-0.39, 0.29) is 11.9 Å². The zero-order valence-electron chi connectivity index (χ0n) is 12.7. The van der Waals surface area contributed by atoms with Gasteiger partial charge in [-0.25, -0.2) is 0 Å². The van der Waals surface area contributed by atoms with Crippen LogP contribution in [0.25, 0.3) is 0 Å². The molecule has 0 saturated carbocycles. The number of nitrogens with zero attached hydrogens (tertiary/aromatic N) is 1. The average Bonchev–Trinajstić information content (AvgIpc) is 2.48. The van der Waals surface area contributed by atoms with Crippen molar-refractivity contribution >= 4 is 11.6 Å². The number of hydrogen-bond acceptors (Lipinski definition) is 3. The maximum absolute atomic E-state index is 12.4. The first-order chi connectivity index (χ1) is 10.1. The molecule has 2 aromatic rings. The summed E-state index contributed by atoms with van der Waals surface area (Å²) in [5.74, 6) is -0.0557. The number of aryl methyl sites for hydroxylation is 1. The van der Waals surface area contributed by atoms with Gasteiger partial charge in [0.2, 0.25) is 0 Å². The number of hydrogen-bond donors (Lipinski definition) is 2. The van der Waals surface area contributed by atoms with Crippen LogP contribution in [-0.4, -0.2) is 17.4 Å². The number of amides is 1. The summed E-state index contributed by atoms with van der Waals surface area (Å²) in [6.07, 6.45) is 3.46. The normalized spacial score (nSPS) is 11.8. The molecule has 1 atom stereocenters. The fourth-order valence-electron chi connectivity index (χ4n) is 2.24. The number of rotatable bonds is 5. The summed E-state index contributed by atoms with van der Waals surface area (Å²) in [6, 6.07) is 9.56. The SMILES string of the molecule is CCNc1ccc(C(=O)NC(C)c2ccncc2)c(C)c1. The first-order valence-corrected chi connectivity index (χ1v) is 7.17. The zero-order valence-corrected chi connectivity index (χ0v) is 12.7. The fraction of sp³-hybridized carbons (Fsp3) is 0.294. The molecule has 1 aromatic heterocycles. The highest BCUT2D eigenvalue weighted by Gasteiger charge is 2.13. The Kier molecular flexibility index (Phi) is 4.93. The zero-order chi connectivity index (χ0) is 15.2. The van der Waals surface area contributed by atoms with Gasteiger partial charge in [0, 0.05) is 30.2 Å². The molecular weight excluding hydrogens is 262 g/mol. The summed E-state index contributed by atoms with van der Waals surface area (Å²) in [7, 11) is 0. The molecule has 4 heteroatoms. The Balaban J connectivity index is 2.10. The average molecular weight is 283 g/mol. The fourth-order valence-corrected chi connectivity index (χ4v) is 2.24. The molecule has 0 aliphatic heterocycles. The molecule has 110 valence electrons. The monoisotopic (exact) mass is 283 g/mol. The molecule has 0 aliphatic carbocycles. The van der Waals surface area contributed by atoms with Crippen molar-refractivity contribution in [2.75, 3.05) is 11.9 Å². The van der Waals surface area contributed by atoms with Gasteiger partial charge >= 0.3 is 0 Å². The molecule has 2 N–H and O–H groups in total. The summed E-state index contributed by atoms with van der Waals surface area (Å²) in [5.41, 5.74) is 3.75. The molecule has 0 bridgehead atoms. The van der Waals surface area contributed by atoms with E-state index in [2.05, 4.69) is 15.6 Å². The first-order valence-electron chi connectivity index (χ1n) is 7.17. The predicted molar refractivity (Wildman–Crippen MR) is 85.5 cm³/mol. The van der Waals surface area contributed by atoms with Crippen LogP contribution in [0.4, 0.5) is 5.69 Å². The second kappa shape index (κ2) is 6.88. The molecule has 0 radical (unpaired) electrons. The van der Waals surface area contributed by atoms with Crippen LogP contribution in [0.2, 0.25) is 0 Å². The number of anilines is 1. The lowest BCUT2D eigenvalue weighted by atomic mass is 10.1. The standard InChI is InChI=1S/C17H21N3O/c1-4-19-15-5-6-16(12(2)11-15)17(21)20-13(3)14-7-9-18-10-8-14/h5-11,13,19H,4H2,1-3H3,(H,20,21). The van der Waals surface area contributed by atoms with E-state index < -0.39 is 0 Å². The minimum absolute atomic E-state index is 0.0478. The number of pyridine rings is 1. The van der Waals surface area contributed by atoms with Crippen LogP contribution >= 0.6 is 0 Å². The van der Waals surface area contributed by atoms with Crippen LogP contribution in [0, 0.1) is 6.92 Å². The molecule has 0 fully saturated rings. The Bertz CT molecular complexity index is 611. The molecule has 1 amide bonds. The van der Waals surface area contributed by atoms with Crippen molar-refractivity contribution in [2.45, 2.75) is 26.8 Å². The maximum atomic E-state index is 12.4. The quantitative estimate of drug-likeness (QED) is 0.885. The lowest BCUT2D eigenvalue weighted by molar-refractivity contribution is 0.0939. The largest absolute Gasteiger partial charge is 0.385 e. The van der Waals surface area contributed by atoms with Crippen molar-refractivity contribution in [1.29, 1.82) is 0 Å². The van der Waals surface area contributed by atoms with Crippen molar-refractivity contribution in [3.8, 4) is 0 Å². The van der Waals surface area contributed by atoms with E-state index in [1.807, 2.05) is 51.1 Å². The van der Waals surface area contributed by atoms with Crippen LogP contribution in [0.5, 0.6) is 0 Å². The number of aromatic nitrogens is 1. The maximum Gasteiger partial charge on any atom is 0.252 e. The third-order valence-electron chi connectivity index (χ3n) is 3.41. The molecule has 21 heavy (non-hydrogen) atoms. The van der Waals surface area contributed by atoms with Crippen molar-refractivity contribution in [3.63, 3.8) is 0 Å². The van der Waals surface area contributed by atoms with E-state index in [0.717, 1.165) is 23.4 Å². The molecule has 1 unspecified atom stereocenters. The van der Waals surface area contributed by atoms with E-state index in [9.17, 15) is 4.79 Å². The van der Waals surface area contributed by atoms with Gasteiger partial charge in [-0.2, -0.15) is 0 Å². The topological polar surface area (TPSA) is 54.0 Å². The number of carbonyl (C=O) groups excluding carboxylic acids is 1. The van der Waals surface area contributed by atoms with Crippen LogP contribution in [0.15, 0.2) is 42.7 Å². The summed E-state index contributed by atoms with van der Waals surface area (Å²) >= 11 is 0. The minimum Gasteiger partial charge on any atom is -0.385 e. The highest BCUT2D eigenvalue weighted by atomic mass is 16.1. The van der Waals surface area contributed by atoms with Crippen molar-refractivity contribution in [1.82, 2.24) is 10.3 Å². The van der Waals surface area contributed by atoms with Crippen LogP contribution in [0.1, 0.15) is 41.4 Å². The van der Waals surface area contributed by atoms with E-state index in [0.29, 0.717) is 5.56 Å². The first kappa shape index (κ1) is 15.0. The third-order valence-corrected chi connectivity index (χ3v) is 3.41. The number of benzene rings is 1. The lowest BCUT2D eigenvalue weighted by Crippen LogP contribution is -2.27. The van der Waals surface area contributed by atoms with E-state index >= 15 is 0 Å². The van der Waals surface area contributed by atoms with E-state index in [4.69, 9.17) is 0 Å². The van der Waals surface area contributed by atoms with E-state index in [1.165, 1.54) is 0 Å². The Morgan fingerprint density at radius 1 is 1.24 bits per heavy atom. The second-order valence-electron chi connectivity index (χ2n) is 5.04. The van der Waals surface area contributed by atoms with Gasteiger partial charge in [0.1, 0.15) is 0 Å². The third kappa shape index (κ3) is 3.81. The van der Waals surface area contributed by atoms with Gasteiger partial charge in [-0.05, 0) is 62.2 Å². The van der Waals surface area contributed by atoms with Gasteiger partial charge in [0.05, 0.1) is 6.04 Å². The molecule has 1 heterocycles. The summed E-state index contributed by atoms with van der Waals surface area (Å²) in [6.45, 7) is 6.83. The van der Waals surface area contributed by atoms with Gasteiger partial charge in [0.25, 0.3) is 5.91 Å². The number of nitrogens with one attached hydrogen (secondary N) is 2.